The first-order valence-corrected chi connectivity index (χ1v) is 12.1. The number of rotatable bonds is 7. The summed E-state index contributed by atoms with van der Waals surface area (Å²) in [6.45, 7) is 1.58. The van der Waals surface area contributed by atoms with Crippen molar-refractivity contribution in [1.82, 2.24) is 29.9 Å². The van der Waals surface area contributed by atoms with E-state index in [2.05, 4.69) is 30.3 Å². The highest BCUT2D eigenvalue weighted by Crippen LogP contribution is 2.29. The zero-order valence-corrected chi connectivity index (χ0v) is 19.9. The van der Waals surface area contributed by atoms with Crippen LogP contribution in [0.15, 0.2) is 73.2 Å². The first-order chi connectivity index (χ1) is 18.2. The van der Waals surface area contributed by atoms with Gasteiger partial charge in [0.25, 0.3) is 11.7 Å². The van der Waals surface area contributed by atoms with Gasteiger partial charge in [0.2, 0.25) is 0 Å². The van der Waals surface area contributed by atoms with Crippen LogP contribution in [0.1, 0.15) is 28.9 Å². The molecule has 1 N–H and O–H groups in total. The van der Waals surface area contributed by atoms with Crippen molar-refractivity contribution in [3.05, 3.63) is 90.3 Å². The van der Waals surface area contributed by atoms with Crippen molar-refractivity contribution in [3.63, 3.8) is 0 Å². The molecule has 0 spiro atoms. The zero-order valence-electron chi connectivity index (χ0n) is 19.9. The SMILES string of the molecule is O=C(NCc1ccc(F)cc1)c1cc(OCC2CCCN2c2ccnc3ncnn23)c2ccccc2n1. The fourth-order valence-corrected chi connectivity index (χ4v) is 4.69. The molecular formula is C27H24FN7O2. The quantitative estimate of drug-likeness (QED) is 0.365. The van der Waals surface area contributed by atoms with Crippen LogP contribution in [-0.2, 0) is 6.54 Å². The van der Waals surface area contributed by atoms with Crippen molar-refractivity contribution in [2.45, 2.75) is 25.4 Å². The maximum atomic E-state index is 13.2. The molecule has 5 aromatic rings. The van der Waals surface area contributed by atoms with Gasteiger partial charge in [-0.1, -0.05) is 24.3 Å². The van der Waals surface area contributed by atoms with Crippen LogP contribution in [0.3, 0.4) is 0 Å². The fraction of sp³-hybridized carbons (Fsp3) is 0.222. The lowest BCUT2D eigenvalue weighted by atomic mass is 10.1. The summed E-state index contributed by atoms with van der Waals surface area (Å²) in [6, 6.07) is 17.4. The number of pyridine rings is 1. The number of anilines is 1. The monoisotopic (exact) mass is 497 g/mol. The molecule has 0 saturated carbocycles. The number of hydrogen-bond donors (Lipinski definition) is 1. The Labute approximate surface area is 211 Å². The van der Waals surface area contributed by atoms with Crippen molar-refractivity contribution >= 4 is 28.4 Å². The summed E-state index contributed by atoms with van der Waals surface area (Å²) < 4.78 is 21.3. The van der Waals surface area contributed by atoms with Gasteiger partial charge in [-0.25, -0.2) is 14.4 Å². The Morgan fingerprint density at radius 2 is 1.97 bits per heavy atom. The molecule has 1 atom stereocenters. The van der Waals surface area contributed by atoms with E-state index >= 15 is 0 Å². The number of halogens is 1. The maximum absolute atomic E-state index is 13.2. The van der Waals surface area contributed by atoms with Gasteiger partial charge in [0, 0.05) is 30.7 Å². The number of fused-ring (bicyclic) bond motifs is 2. The van der Waals surface area contributed by atoms with Crippen molar-refractivity contribution < 1.29 is 13.9 Å². The van der Waals surface area contributed by atoms with Gasteiger partial charge in [-0.15, -0.1) is 0 Å². The Morgan fingerprint density at radius 3 is 2.86 bits per heavy atom. The molecule has 2 aromatic carbocycles. The first kappa shape index (κ1) is 22.8. The molecule has 6 rings (SSSR count). The van der Waals surface area contributed by atoms with E-state index in [1.54, 1.807) is 28.9 Å². The lowest BCUT2D eigenvalue weighted by molar-refractivity contribution is 0.0945. The van der Waals surface area contributed by atoms with E-state index < -0.39 is 0 Å². The van der Waals surface area contributed by atoms with Crippen LogP contribution < -0.4 is 15.0 Å². The summed E-state index contributed by atoms with van der Waals surface area (Å²) >= 11 is 0. The Kier molecular flexibility index (Phi) is 6.05. The smallest absolute Gasteiger partial charge is 0.270 e. The molecule has 0 radical (unpaired) electrons. The number of para-hydroxylation sites is 1. The van der Waals surface area contributed by atoms with Gasteiger partial charge in [-0.2, -0.15) is 14.6 Å². The molecule has 4 heterocycles. The van der Waals surface area contributed by atoms with E-state index in [1.165, 1.54) is 18.5 Å². The predicted octanol–water partition coefficient (Wildman–Crippen LogP) is 3.79. The average molecular weight is 498 g/mol. The molecule has 1 amide bonds. The number of carbonyl (C=O) groups is 1. The summed E-state index contributed by atoms with van der Waals surface area (Å²) in [5, 5.41) is 8.02. The topological polar surface area (TPSA) is 97.5 Å². The van der Waals surface area contributed by atoms with Crippen LogP contribution in [0, 0.1) is 5.82 Å². The Morgan fingerprint density at radius 1 is 1.11 bits per heavy atom. The number of carbonyl (C=O) groups excluding carboxylic acids is 1. The van der Waals surface area contributed by atoms with E-state index in [0.29, 0.717) is 23.7 Å². The third-order valence-electron chi connectivity index (χ3n) is 6.54. The standard InChI is InChI=1S/C27H24FN7O2/c28-19-9-7-18(8-10-19)15-30-26(36)23-14-24(21-5-1-2-6-22(21)33-23)37-16-20-4-3-13-34(20)25-11-12-29-27-31-17-32-35(25)27/h1-2,5-12,14,17,20H,3-4,13,15-16H2,(H,30,36). The summed E-state index contributed by atoms with van der Waals surface area (Å²) in [6.07, 6.45) is 5.23. The Balaban J connectivity index is 1.22. The van der Waals surface area contributed by atoms with E-state index in [-0.39, 0.29) is 30.0 Å². The third-order valence-corrected chi connectivity index (χ3v) is 6.54. The Hall–Kier alpha value is -4.60. The van der Waals surface area contributed by atoms with Crippen LogP contribution in [0.5, 0.6) is 5.75 Å². The maximum Gasteiger partial charge on any atom is 0.270 e. The molecule has 1 aliphatic heterocycles. The van der Waals surface area contributed by atoms with Crippen LogP contribution in [0.2, 0.25) is 0 Å². The van der Waals surface area contributed by atoms with Crippen LogP contribution in [-0.4, -0.2) is 49.7 Å². The van der Waals surface area contributed by atoms with Gasteiger partial charge in [0.1, 0.15) is 36.0 Å². The highest BCUT2D eigenvalue weighted by atomic mass is 19.1. The van der Waals surface area contributed by atoms with Crippen LogP contribution >= 0.6 is 0 Å². The molecule has 0 aliphatic carbocycles. The molecule has 10 heteroatoms. The second kappa shape index (κ2) is 9.81. The molecule has 0 bridgehead atoms. The van der Waals surface area contributed by atoms with E-state index in [4.69, 9.17) is 4.74 Å². The minimum absolute atomic E-state index is 0.123. The number of ether oxygens (including phenoxy) is 1. The van der Waals surface area contributed by atoms with Gasteiger partial charge in [-0.05, 0) is 48.7 Å². The number of aromatic nitrogens is 5. The van der Waals surface area contributed by atoms with E-state index in [1.807, 2.05) is 30.3 Å². The summed E-state index contributed by atoms with van der Waals surface area (Å²) in [5.41, 5.74) is 1.73. The highest BCUT2D eigenvalue weighted by molar-refractivity contribution is 5.97. The van der Waals surface area contributed by atoms with Crippen LogP contribution in [0.4, 0.5) is 10.2 Å². The van der Waals surface area contributed by atoms with Gasteiger partial charge < -0.3 is 15.0 Å². The number of benzene rings is 2. The lowest BCUT2D eigenvalue weighted by Gasteiger charge is -2.26. The molecule has 1 aliphatic rings. The number of nitrogens with zero attached hydrogens (tertiary/aromatic N) is 6. The molecular weight excluding hydrogens is 473 g/mol. The molecule has 37 heavy (non-hydrogen) atoms. The largest absolute Gasteiger partial charge is 0.491 e. The molecule has 1 saturated heterocycles. The summed E-state index contributed by atoms with van der Waals surface area (Å²) in [4.78, 5) is 28.2. The summed E-state index contributed by atoms with van der Waals surface area (Å²) in [5.74, 6) is 1.44. The average Bonchev–Trinajstić information content (AvgIpc) is 3.60. The minimum atomic E-state index is -0.326. The second-order valence-electron chi connectivity index (χ2n) is 8.91. The third kappa shape index (κ3) is 4.65. The van der Waals surface area contributed by atoms with E-state index in [0.717, 1.165) is 36.2 Å². The number of hydrogen-bond acceptors (Lipinski definition) is 7. The van der Waals surface area contributed by atoms with Gasteiger partial charge in [-0.3, -0.25) is 4.79 Å². The minimum Gasteiger partial charge on any atom is -0.491 e. The fourth-order valence-electron chi connectivity index (χ4n) is 4.69. The van der Waals surface area contributed by atoms with Gasteiger partial charge >= 0.3 is 0 Å². The normalized spacial score (nSPS) is 15.4. The Bertz CT molecular complexity index is 1570. The van der Waals surface area contributed by atoms with E-state index in [9.17, 15) is 9.18 Å². The lowest BCUT2D eigenvalue weighted by Crippen LogP contribution is -2.35. The molecule has 3 aromatic heterocycles. The summed E-state index contributed by atoms with van der Waals surface area (Å²) in [7, 11) is 0. The molecule has 1 fully saturated rings. The molecule has 1 unspecified atom stereocenters. The molecule has 186 valence electrons. The van der Waals surface area contributed by atoms with Gasteiger partial charge in [0.15, 0.2) is 0 Å². The highest BCUT2D eigenvalue weighted by Gasteiger charge is 2.28. The second-order valence-corrected chi connectivity index (χ2v) is 8.91. The zero-order chi connectivity index (χ0) is 25.2. The van der Waals surface area contributed by atoms with Crippen molar-refractivity contribution in [1.29, 1.82) is 0 Å². The van der Waals surface area contributed by atoms with Crippen molar-refractivity contribution in [3.8, 4) is 5.75 Å². The van der Waals surface area contributed by atoms with Gasteiger partial charge in [0.05, 0.1) is 11.6 Å². The number of nitrogens with one attached hydrogen (secondary N) is 1. The van der Waals surface area contributed by atoms with Crippen molar-refractivity contribution in [2.24, 2.45) is 0 Å². The number of amides is 1. The first-order valence-electron chi connectivity index (χ1n) is 12.1. The van der Waals surface area contributed by atoms with Crippen molar-refractivity contribution in [2.75, 3.05) is 18.1 Å². The molecule has 9 nitrogen and oxygen atoms in total. The van der Waals surface area contributed by atoms with Crippen LogP contribution in [0.25, 0.3) is 16.7 Å². The predicted molar refractivity (Wildman–Crippen MR) is 136 cm³/mol.